The van der Waals surface area contributed by atoms with E-state index in [1.165, 1.54) is 25.1 Å². The Bertz CT molecular complexity index is 1760. The van der Waals surface area contributed by atoms with Crippen LogP contribution in [-0.2, 0) is 22.2 Å². The van der Waals surface area contributed by atoms with Crippen molar-refractivity contribution >= 4 is 22.7 Å². The van der Waals surface area contributed by atoms with Crippen molar-refractivity contribution in [3.8, 4) is 22.8 Å². The molecule has 0 saturated carbocycles. The van der Waals surface area contributed by atoms with Crippen molar-refractivity contribution in [3.05, 3.63) is 82.9 Å². The SMILES string of the molecule is CCc1cnc2c(O)cc(C(=O)NCC(O)(c3cc4c(c(-c5ccc(F)cc5)n3)OC[C@]4(C)C(N)=O)C(F)(F)F)cc2c1. The third-order valence-electron chi connectivity index (χ3n) is 7.62. The first-order valence-electron chi connectivity index (χ1n) is 13.1. The van der Waals surface area contributed by atoms with Crippen molar-refractivity contribution in [1.82, 2.24) is 15.3 Å². The van der Waals surface area contributed by atoms with Gasteiger partial charge in [-0.2, -0.15) is 13.2 Å². The molecular formula is C30H26F4N4O5. The van der Waals surface area contributed by atoms with Gasteiger partial charge in [-0.25, -0.2) is 9.37 Å². The number of fused-ring (bicyclic) bond motifs is 2. The van der Waals surface area contributed by atoms with E-state index < -0.39 is 47.1 Å². The molecule has 0 aliphatic carbocycles. The molecule has 224 valence electrons. The smallest absolute Gasteiger partial charge is 0.424 e. The number of alkyl halides is 3. The van der Waals surface area contributed by atoms with Gasteiger partial charge in [-0.3, -0.25) is 14.6 Å². The Morgan fingerprint density at radius 2 is 1.84 bits per heavy atom. The number of hydrogen-bond donors (Lipinski definition) is 4. The molecule has 4 aromatic rings. The molecule has 13 heteroatoms. The van der Waals surface area contributed by atoms with Crippen LogP contribution in [0.25, 0.3) is 22.2 Å². The number of carbonyl (C=O) groups is 2. The highest BCUT2D eigenvalue weighted by Crippen LogP contribution is 2.47. The highest BCUT2D eigenvalue weighted by molar-refractivity contribution is 6.00. The highest BCUT2D eigenvalue weighted by Gasteiger charge is 2.57. The van der Waals surface area contributed by atoms with Crippen LogP contribution in [0.2, 0.25) is 0 Å². The van der Waals surface area contributed by atoms with Gasteiger partial charge in [-0.15, -0.1) is 0 Å². The minimum Gasteiger partial charge on any atom is -0.506 e. The van der Waals surface area contributed by atoms with Crippen molar-refractivity contribution in [2.75, 3.05) is 13.2 Å². The summed E-state index contributed by atoms with van der Waals surface area (Å²) in [5, 5.41) is 24.1. The van der Waals surface area contributed by atoms with Gasteiger partial charge in [0.1, 0.15) is 40.5 Å². The number of nitrogens with two attached hydrogens (primary N) is 1. The zero-order valence-corrected chi connectivity index (χ0v) is 22.9. The first-order chi connectivity index (χ1) is 20.2. The number of phenols is 1. The number of aliphatic hydroxyl groups is 1. The monoisotopic (exact) mass is 598 g/mol. The van der Waals surface area contributed by atoms with Crippen LogP contribution in [0.5, 0.6) is 11.5 Å². The largest absolute Gasteiger partial charge is 0.506 e. The fraction of sp³-hybridized carbons (Fsp3) is 0.267. The average molecular weight is 599 g/mol. The number of hydrogen-bond acceptors (Lipinski definition) is 7. The first-order valence-corrected chi connectivity index (χ1v) is 13.1. The number of aromatic hydroxyl groups is 1. The van der Waals surface area contributed by atoms with Crippen LogP contribution < -0.4 is 15.8 Å². The lowest BCUT2D eigenvalue weighted by Gasteiger charge is -2.31. The lowest BCUT2D eigenvalue weighted by atomic mass is 9.81. The molecule has 2 aromatic heterocycles. The number of rotatable bonds is 7. The summed E-state index contributed by atoms with van der Waals surface area (Å²) in [5.41, 5.74) is 0.0279. The second-order valence-corrected chi connectivity index (χ2v) is 10.5. The Labute approximate surface area is 242 Å². The Kier molecular flexibility index (Phi) is 7.25. The van der Waals surface area contributed by atoms with E-state index in [-0.39, 0.29) is 46.0 Å². The van der Waals surface area contributed by atoms with E-state index in [4.69, 9.17) is 10.5 Å². The average Bonchev–Trinajstić information content (AvgIpc) is 3.32. The van der Waals surface area contributed by atoms with E-state index in [9.17, 15) is 37.4 Å². The maximum atomic E-state index is 14.6. The van der Waals surface area contributed by atoms with Crippen LogP contribution >= 0.6 is 0 Å². The fourth-order valence-electron chi connectivity index (χ4n) is 4.85. The van der Waals surface area contributed by atoms with Crippen LogP contribution in [0.1, 0.15) is 41.0 Å². The third kappa shape index (κ3) is 5.09. The maximum absolute atomic E-state index is 14.6. The zero-order valence-electron chi connectivity index (χ0n) is 22.9. The lowest BCUT2D eigenvalue weighted by Crippen LogP contribution is -2.51. The number of aromatic nitrogens is 2. The number of amides is 2. The van der Waals surface area contributed by atoms with Gasteiger partial charge in [-0.05, 0) is 67.4 Å². The van der Waals surface area contributed by atoms with Crippen molar-refractivity contribution in [2.24, 2.45) is 5.73 Å². The number of primary amides is 1. The summed E-state index contributed by atoms with van der Waals surface area (Å²) in [7, 11) is 0. The molecule has 3 heterocycles. The standard InChI is InChI=1S/C30H26F4N4O5/c1-3-15-8-17-9-18(10-21(39)23(17)36-12-15)26(40)37-13-29(42,30(32,33)34)22-11-20-25(43-14-28(20,2)27(35)41)24(38-22)16-4-6-19(31)7-5-16/h4-12,39,42H,3,13-14H2,1-2H3,(H2,35,41)(H,37,40)/t28-,29?/m0/s1. The van der Waals surface area contributed by atoms with Crippen molar-refractivity contribution in [3.63, 3.8) is 0 Å². The highest BCUT2D eigenvalue weighted by atomic mass is 19.4. The molecule has 1 aliphatic rings. The van der Waals surface area contributed by atoms with Crippen LogP contribution in [0, 0.1) is 5.82 Å². The Hall–Kier alpha value is -4.78. The van der Waals surface area contributed by atoms with Gasteiger partial charge in [-0.1, -0.05) is 6.92 Å². The molecule has 43 heavy (non-hydrogen) atoms. The molecular weight excluding hydrogens is 572 g/mol. The summed E-state index contributed by atoms with van der Waals surface area (Å²) in [6.07, 6.45) is -3.20. The number of pyridine rings is 2. The van der Waals surface area contributed by atoms with Gasteiger partial charge in [0.15, 0.2) is 0 Å². The maximum Gasteiger partial charge on any atom is 0.424 e. The number of halogens is 4. The molecule has 0 bridgehead atoms. The quantitative estimate of drug-likeness (QED) is 0.235. The Morgan fingerprint density at radius 3 is 2.47 bits per heavy atom. The minimum absolute atomic E-state index is 0.0445. The first kappa shape index (κ1) is 29.7. The predicted octanol–water partition coefficient (Wildman–Crippen LogP) is 4.02. The molecule has 0 spiro atoms. The molecule has 1 unspecified atom stereocenters. The van der Waals surface area contributed by atoms with Crippen LogP contribution in [-0.4, -0.2) is 51.3 Å². The van der Waals surface area contributed by atoms with Gasteiger partial charge in [0.05, 0.1) is 12.2 Å². The van der Waals surface area contributed by atoms with Gasteiger partial charge in [0.2, 0.25) is 11.5 Å². The van der Waals surface area contributed by atoms with E-state index >= 15 is 0 Å². The van der Waals surface area contributed by atoms with Crippen LogP contribution in [0.15, 0.2) is 54.7 Å². The summed E-state index contributed by atoms with van der Waals surface area (Å²) in [6.45, 7) is 1.56. The normalized spacial score (nSPS) is 17.7. The fourth-order valence-corrected chi connectivity index (χ4v) is 4.85. The Morgan fingerprint density at radius 1 is 1.14 bits per heavy atom. The molecule has 5 rings (SSSR count). The number of nitrogens with one attached hydrogen (secondary N) is 1. The zero-order chi connectivity index (χ0) is 31.3. The molecule has 0 radical (unpaired) electrons. The van der Waals surface area contributed by atoms with E-state index in [0.717, 1.165) is 29.8 Å². The third-order valence-corrected chi connectivity index (χ3v) is 7.62. The Balaban J connectivity index is 1.58. The molecule has 9 nitrogen and oxygen atoms in total. The molecule has 0 fully saturated rings. The molecule has 2 amide bonds. The van der Waals surface area contributed by atoms with E-state index in [2.05, 4.69) is 15.3 Å². The summed E-state index contributed by atoms with van der Waals surface area (Å²) in [6, 6.07) is 9.61. The van der Waals surface area contributed by atoms with Gasteiger partial charge in [0.25, 0.3) is 5.91 Å². The number of carbonyl (C=O) groups excluding carboxylic acids is 2. The molecule has 5 N–H and O–H groups in total. The topological polar surface area (TPSA) is 148 Å². The van der Waals surface area contributed by atoms with Crippen molar-refractivity contribution in [2.45, 2.75) is 37.5 Å². The summed E-state index contributed by atoms with van der Waals surface area (Å²) in [4.78, 5) is 33.6. The van der Waals surface area contributed by atoms with E-state index in [1.807, 2.05) is 6.92 Å². The number of aryl methyl sites for hydroxylation is 1. The second kappa shape index (κ2) is 10.5. The summed E-state index contributed by atoms with van der Waals surface area (Å²) < 4.78 is 63.2. The van der Waals surface area contributed by atoms with Crippen molar-refractivity contribution in [1.29, 1.82) is 0 Å². The van der Waals surface area contributed by atoms with Crippen molar-refractivity contribution < 1.29 is 42.1 Å². The number of benzene rings is 2. The van der Waals surface area contributed by atoms with Crippen LogP contribution in [0.4, 0.5) is 17.6 Å². The van der Waals surface area contributed by atoms with Gasteiger partial charge in [0, 0.05) is 28.3 Å². The minimum atomic E-state index is -5.38. The number of ether oxygens (including phenoxy) is 1. The van der Waals surface area contributed by atoms with Gasteiger partial charge < -0.3 is 26.0 Å². The molecule has 0 saturated heterocycles. The van der Waals surface area contributed by atoms with E-state index in [0.29, 0.717) is 11.8 Å². The number of nitrogens with zero attached hydrogens (tertiary/aromatic N) is 2. The number of phenolic OH excluding ortho intramolecular Hbond substituents is 1. The molecule has 2 aromatic carbocycles. The van der Waals surface area contributed by atoms with E-state index in [1.54, 1.807) is 12.3 Å². The van der Waals surface area contributed by atoms with Gasteiger partial charge >= 0.3 is 6.18 Å². The lowest BCUT2D eigenvalue weighted by molar-refractivity contribution is -0.265. The summed E-state index contributed by atoms with van der Waals surface area (Å²) in [5.74, 6) is -2.93. The molecule has 1 aliphatic heterocycles. The second-order valence-electron chi connectivity index (χ2n) is 10.5. The molecule has 2 atom stereocenters. The van der Waals surface area contributed by atoms with Crippen LogP contribution in [0.3, 0.4) is 0 Å². The predicted molar refractivity (Wildman–Crippen MR) is 147 cm³/mol. The summed E-state index contributed by atoms with van der Waals surface area (Å²) >= 11 is 0.